The molecule has 2 aliphatic rings. The Morgan fingerprint density at radius 3 is 2.73 bits per heavy atom. The molecule has 4 nitrogen and oxygen atoms in total. The number of rotatable bonds is 1. The number of carbonyl (C=O) groups excluding carboxylic acids is 1. The van der Waals surface area contributed by atoms with Gasteiger partial charge in [-0.25, -0.2) is 4.79 Å². The second kappa shape index (κ2) is 3.76. The van der Waals surface area contributed by atoms with E-state index in [0.29, 0.717) is 5.92 Å². The fraction of sp³-hybridized carbons (Fsp3) is 0.909. The lowest BCUT2D eigenvalue weighted by Crippen LogP contribution is -2.38. The number of hydrogen-bond acceptors (Lipinski definition) is 4. The van der Waals surface area contributed by atoms with Gasteiger partial charge in [0.25, 0.3) is 0 Å². The molecule has 0 aliphatic carbocycles. The SMILES string of the molecule is CC(C)(C)OC(=O)C1OC2CNCC1C2. The Bertz CT molecular complexity index is 259. The molecule has 1 N–H and O–H groups in total. The molecule has 0 aromatic heterocycles. The maximum absolute atomic E-state index is 11.8. The minimum Gasteiger partial charge on any atom is -0.458 e. The van der Waals surface area contributed by atoms with Crippen molar-refractivity contribution in [3.05, 3.63) is 0 Å². The first kappa shape index (κ1) is 10.9. The van der Waals surface area contributed by atoms with Gasteiger partial charge in [-0.2, -0.15) is 0 Å². The van der Waals surface area contributed by atoms with E-state index in [4.69, 9.17) is 9.47 Å². The van der Waals surface area contributed by atoms with E-state index >= 15 is 0 Å². The fourth-order valence-corrected chi connectivity index (χ4v) is 2.19. The molecule has 0 spiro atoms. The highest BCUT2D eigenvalue weighted by Gasteiger charge is 2.43. The van der Waals surface area contributed by atoms with Crippen molar-refractivity contribution in [1.29, 1.82) is 0 Å². The Balaban J connectivity index is 1.96. The summed E-state index contributed by atoms with van der Waals surface area (Å²) in [5, 5.41) is 3.26. The van der Waals surface area contributed by atoms with Crippen molar-refractivity contribution in [3.8, 4) is 0 Å². The van der Waals surface area contributed by atoms with Gasteiger partial charge in [0.2, 0.25) is 0 Å². The minimum absolute atomic E-state index is 0.196. The zero-order valence-electron chi connectivity index (χ0n) is 9.58. The Morgan fingerprint density at radius 2 is 2.13 bits per heavy atom. The van der Waals surface area contributed by atoms with Crippen molar-refractivity contribution in [2.24, 2.45) is 5.92 Å². The second-order valence-electron chi connectivity index (χ2n) is 5.37. The molecule has 2 aliphatic heterocycles. The summed E-state index contributed by atoms with van der Waals surface area (Å²) in [5.74, 6) is 0.0808. The lowest BCUT2D eigenvalue weighted by Gasteiger charge is -2.23. The van der Waals surface area contributed by atoms with Gasteiger partial charge in [-0.3, -0.25) is 0 Å². The van der Waals surface area contributed by atoms with Gasteiger partial charge in [0, 0.05) is 19.0 Å². The van der Waals surface area contributed by atoms with Crippen LogP contribution >= 0.6 is 0 Å². The number of fused-ring (bicyclic) bond motifs is 2. The third kappa shape index (κ3) is 2.49. The highest BCUT2D eigenvalue weighted by atomic mass is 16.6. The highest BCUT2D eigenvalue weighted by molar-refractivity contribution is 5.76. The predicted molar refractivity (Wildman–Crippen MR) is 55.5 cm³/mol. The number of piperidine rings is 1. The number of ether oxygens (including phenoxy) is 2. The average molecular weight is 213 g/mol. The van der Waals surface area contributed by atoms with Crippen LogP contribution in [0.15, 0.2) is 0 Å². The monoisotopic (exact) mass is 213 g/mol. The molecule has 86 valence electrons. The standard InChI is InChI=1S/C11H19NO3/c1-11(2,3)15-10(13)9-7-4-8(14-9)6-12-5-7/h7-9,12H,4-6H2,1-3H3. The van der Waals surface area contributed by atoms with Gasteiger partial charge in [-0.1, -0.05) is 0 Å². The average Bonchev–Trinajstić information content (AvgIpc) is 2.38. The lowest BCUT2D eigenvalue weighted by atomic mass is 9.96. The Morgan fingerprint density at radius 1 is 1.40 bits per heavy atom. The highest BCUT2D eigenvalue weighted by Crippen LogP contribution is 2.30. The zero-order valence-corrected chi connectivity index (χ0v) is 9.58. The van der Waals surface area contributed by atoms with Crippen LogP contribution in [0.4, 0.5) is 0 Å². The molecule has 3 atom stereocenters. The van der Waals surface area contributed by atoms with Crippen molar-refractivity contribution in [1.82, 2.24) is 5.32 Å². The van der Waals surface area contributed by atoms with Crippen molar-refractivity contribution in [3.63, 3.8) is 0 Å². The molecular weight excluding hydrogens is 194 g/mol. The van der Waals surface area contributed by atoms with E-state index in [1.165, 1.54) is 0 Å². The van der Waals surface area contributed by atoms with Crippen molar-refractivity contribution < 1.29 is 14.3 Å². The zero-order chi connectivity index (χ0) is 11.1. The van der Waals surface area contributed by atoms with Crippen LogP contribution in [0.5, 0.6) is 0 Å². The van der Waals surface area contributed by atoms with Crippen molar-refractivity contribution >= 4 is 5.97 Å². The van der Waals surface area contributed by atoms with Gasteiger partial charge < -0.3 is 14.8 Å². The first-order valence-electron chi connectivity index (χ1n) is 5.55. The van der Waals surface area contributed by atoms with Crippen LogP contribution in [0.3, 0.4) is 0 Å². The number of hydrogen-bond donors (Lipinski definition) is 1. The predicted octanol–water partition coefficient (Wildman–Crippen LogP) is 0.705. The van der Waals surface area contributed by atoms with E-state index in [1.54, 1.807) is 0 Å². The van der Waals surface area contributed by atoms with Crippen LogP contribution < -0.4 is 5.32 Å². The van der Waals surface area contributed by atoms with Crippen LogP contribution in [0.25, 0.3) is 0 Å². The molecule has 15 heavy (non-hydrogen) atoms. The molecule has 0 aromatic rings. The van der Waals surface area contributed by atoms with Gasteiger partial charge >= 0.3 is 5.97 Å². The van der Waals surface area contributed by atoms with E-state index < -0.39 is 5.60 Å². The van der Waals surface area contributed by atoms with Crippen molar-refractivity contribution in [2.45, 2.75) is 45.0 Å². The number of carbonyl (C=O) groups is 1. The van der Waals surface area contributed by atoms with Gasteiger partial charge in [0.05, 0.1) is 6.10 Å². The molecule has 2 saturated heterocycles. The summed E-state index contributed by atoms with van der Waals surface area (Å²) in [6.07, 6.45) is 0.821. The summed E-state index contributed by atoms with van der Waals surface area (Å²) in [6, 6.07) is 0. The van der Waals surface area contributed by atoms with E-state index in [2.05, 4.69) is 5.32 Å². The van der Waals surface area contributed by atoms with Crippen molar-refractivity contribution in [2.75, 3.05) is 13.1 Å². The third-order valence-electron chi connectivity index (χ3n) is 2.75. The Labute approximate surface area is 90.3 Å². The van der Waals surface area contributed by atoms with E-state index in [1.807, 2.05) is 20.8 Å². The summed E-state index contributed by atoms with van der Waals surface area (Å²) in [7, 11) is 0. The minimum atomic E-state index is -0.426. The molecule has 0 radical (unpaired) electrons. The van der Waals surface area contributed by atoms with E-state index in [0.717, 1.165) is 19.5 Å². The maximum atomic E-state index is 11.8. The smallest absolute Gasteiger partial charge is 0.336 e. The van der Waals surface area contributed by atoms with Crippen LogP contribution in [0.1, 0.15) is 27.2 Å². The molecular formula is C11H19NO3. The van der Waals surface area contributed by atoms with Crippen LogP contribution in [0, 0.1) is 5.92 Å². The van der Waals surface area contributed by atoms with Crippen LogP contribution in [-0.2, 0) is 14.3 Å². The first-order valence-corrected chi connectivity index (χ1v) is 5.55. The molecule has 0 aromatic carbocycles. The van der Waals surface area contributed by atoms with E-state index in [-0.39, 0.29) is 18.2 Å². The molecule has 2 heterocycles. The van der Waals surface area contributed by atoms with Gasteiger partial charge in [0.1, 0.15) is 5.60 Å². The second-order valence-corrected chi connectivity index (χ2v) is 5.37. The van der Waals surface area contributed by atoms with E-state index in [9.17, 15) is 4.79 Å². The molecule has 0 amide bonds. The number of esters is 1. The molecule has 2 rings (SSSR count). The van der Waals surface area contributed by atoms with Gasteiger partial charge in [-0.15, -0.1) is 0 Å². The largest absolute Gasteiger partial charge is 0.458 e. The summed E-state index contributed by atoms with van der Waals surface area (Å²) in [4.78, 5) is 11.8. The normalized spacial score (nSPS) is 35.3. The summed E-state index contributed by atoms with van der Waals surface area (Å²) in [6.45, 7) is 7.36. The number of nitrogens with one attached hydrogen (secondary N) is 1. The topological polar surface area (TPSA) is 47.6 Å². The Hall–Kier alpha value is -0.610. The lowest BCUT2D eigenvalue weighted by molar-refractivity contribution is -0.168. The summed E-state index contributed by atoms with van der Waals surface area (Å²) < 4.78 is 11.0. The quantitative estimate of drug-likeness (QED) is 0.651. The Kier molecular flexibility index (Phi) is 2.73. The summed E-state index contributed by atoms with van der Waals surface area (Å²) >= 11 is 0. The molecule has 2 fully saturated rings. The van der Waals surface area contributed by atoms with Gasteiger partial charge in [0.15, 0.2) is 6.10 Å². The molecule has 3 unspecified atom stereocenters. The molecule has 2 bridgehead atoms. The first-order chi connectivity index (χ1) is 6.96. The molecule has 0 saturated carbocycles. The van der Waals surface area contributed by atoms with Crippen LogP contribution in [0.2, 0.25) is 0 Å². The fourth-order valence-electron chi connectivity index (χ4n) is 2.19. The van der Waals surface area contributed by atoms with Crippen LogP contribution in [-0.4, -0.2) is 36.9 Å². The maximum Gasteiger partial charge on any atom is 0.336 e. The third-order valence-corrected chi connectivity index (χ3v) is 2.75. The summed E-state index contributed by atoms with van der Waals surface area (Å²) in [5.41, 5.74) is -0.426. The van der Waals surface area contributed by atoms with Gasteiger partial charge in [-0.05, 0) is 27.2 Å². The molecule has 4 heteroatoms.